The normalized spacial score (nSPS) is 11.7. The number of hydrogen-bond acceptors (Lipinski definition) is 4. The molecule has 0 bridgehead atoms. The number of nitrogen functional groups attached to an aromatic ring is 1. The van der Waals surface area contributed by atoms with Gasteiger partial charge in [0, 0.05) is 11.8 Å². The highest BCUT2D eigenvalue weighted by Gasteiger charge is 2.17. The zero-order chi connectivity index (χ0) is 14.5. The fraction of sp³-hybridized carbons (Fsp3) is 0.188. The van der Waals surface area contributed by atoms with Crippen LogP contribution < -0.4 is 15.2 Å². The minimum absolute atomic E-state index is 0.446. The van der Waals surface area contributed by atoms with Gasteiger partial charge < -0.3 is 15.2 Å². The van der Waals surface area contributed by atoms with Crippen LogP contribution in [0, 0.1) is 6.92 Å². The molecule has 0 amide bonds. The van der Waals surface area contributed by atoms with Crippen molar-refractivity contribution in [1.82, 2.24) is 0 Å². The largest absolute Gasteiger partial charge is 0.479 e. The van der Waals surface area contributed by atoms with E-state index in [0.717, 1.165) is 5.56 Å². The van der Waals surface area contributed by atoms with Gasteiger partial charge in [0.05, 0.1) is 0 Å². The van der Waals surface area contributed by atoms with E-state index in [1.165, 1.54) is 0 Å². The van der Waals surface area contributed by atoms with Gasteiger partial charge in [0.2, 0.25) is 0 Å². The molecule has 0 unspecified atom stereocenters. The number of anilines is 1. The topological polar surface area (TPSA) is 61.5 Å². The molecule has 0 saturated carbocycles. The van der Waals surface area contributed by atoms with Crippen molar-refractivity contribution < 1.29 is 14.3 Å². The van der Waals surface area contributed by atoms with E-state index in [1.54, 1.807) is 43.3 Å². The highest BCUT2D eigenvalue weighted by molar-refractivity contribution is 5.77. The molecule has 0 fully saturated rings. The standard InChI is InChI=1S/C16H17NO3/c1-11-5-3-7-14(9-11)20-16(18)12(2)19-15-8-4-6-13(17)10-15/h3-10,12H,17H2,1-2H3/t12-/m0/s1. The highest BCUT2D eigenvalue weighted by atomic mass is 16.6. The summed E-state index contributed by atoms with van der Waals surface area (Å²) < 4.78 is 10.8. The van der Waals surface area contributed by atoms with E-state index < -0.39 is 12.1 Å². The van der Waals surface area contributed by atoms with Gasteiger partial charge in [0.25, 0.3) is 0 Å². The van der Waals surface area contributed by atoms with Crippen LogP contribution >= 0.6 is 0 Å². The Hall–Kier alpha value is -2.49. The molecule has 2 aromatic carbocycles. The van der Waals surface area contributed by atoms with E-state index in [1.807, 2.05) is 19.1 Å². The maximum absolute atomic E-state index is 11.9. The molecule has 0 aromatic heterocycles. The van der Waals surface area contributed by atoms with Gasteiger partial charge in [-0.15, -0.1) is 0 Å². The Morgan fingerprint density at radius 2 is 1.80 bits per heavy atom. The maximum atomic E-state index is 11.9. The van der Waals surface area contributed by atoms with Crippen LogP contribution in [0.15, 0.2) is 48.5 Å². The molecule has 0 saturated heterocycles. The van der Waals surface area contributed by atoms with E-state index >= 15 is 0 Å². The van der Waals surface area contributed by atoms with Gasteiger partial charge in [-0.2, -0.15) is 0 Å². The maximum Gasteiger partial charge on any atom is 0.352 e. The van der Waals surface area contributed by atoms with Crippen LogP contribution in [0.2, 0.25) is 0 Å². The lowest BCUT2D eigenvalue weighted by Gasteiger charge is -2.14. The van der Waals surface area contributed by atoms with Crippen molar-refractivity contribution in [3.05, 3.63) is 54.1 Å². The van der Waals surface area contributed by atoms with Crippen molar-refractivity contribution in [3.8, 4) is 11.5 Å². The average Bonchev–Trinajstić information content (AvgIpc) is 2.38. The molecular weight excluding hydrogens is 254 g/mol. The highest BCUT2D eigenvalue weighted by Crippen LogP contribution is 2.18. The first-order valence-electron chi connectivity index (χ1n) is 6.35. The number of aryl methyl sites for hydroxylation is 1. The Labute approximate surface area is 118 Å². The third-order valence-electron chi connectivity index (χ3n) is 2.71. The number of esters is 1. The van der Waals surface area contributed by atoms with Crippen molar-refractivity contribution in [2.75, 3.05) is 5.73 Å². The van der Waals surface area contributed by atoms with Crippen molar-refractivity contribution in [3.63, 3.8) is 0 Å². The molecule has 0 spiro atoms. The molecule has 0 aliphatic rings. The van der Waals surface area contributed by atoms with E-state index in [4.69, 9.17) is 15.2 Å². The number of carbonyl (C=O) groups excluding carboxylic acids is 1. The number of hydrogen-bond donors (Lipinski definition) is 1. The summed E-state index contributed by atoms with van der Waals surface area (Å²) in [4.78, 5) is 11.9. The lowest BCUT2D eigenvalue weighted by Crippen LogP contribution is -2.28. The van der Waals surface area contributed by atoms with Crippen LogP contribution in [-0.2, 0) is 4.79 Å². The Bertz CT molecular complexity index is 610. The van der Waals surface area contributed by atoms with Crippen LogP contribution in [0.5, 0.6) is 11.5 Å². The minimum Gasteiger partial charge on any atom is -0.479 e. The number of ether oxygens (including phenoxy) is 2. The van der Waals surface area contributed by atoms with Gasteiger partial charge in [-0.1, -0.05) is 18.2 Å². The summed E-state index contributed by atoms with van der Waals surface area (Å²) in [6.45, 7) is 3.57. The van der Waals surface area contributed by atoms with Gasteiger partial charge in [0.15, 0.2) is 6.10 Å². The Morgan fingerprint density at radius 3 is 2.50 bits per heavy atom. The summed E-state index contributed by atoms with van der Waals surface area (Å²) in [5, 5.41) is 0. The van der Waals surface area contributed by atoms with Crippen LogP contribution in [0.4, 0.5) is 5.69 Å². The molecule has 1 atom stereocenters. The fourth-order valence-corrected chi connectivity index (χ4v) is 1.72. The van der Waals surface area contributed by atoms with Crippen molar-refractivity contribution in [2.24, 2.45) is 0 Å². The Morgan fingerprint density at radius 1 is 1.10 bits per heavy atom. The first kappa shape index (κ1) is 13.9. The van der Waals surface area contributed by atoms with E-state index in [9.17, 15) is 4.79 Å². The predicted octanol–water partition coefficient (Wildman–Crippen LogP) is 2.95. The lowest BCUT2D eigenvalue weighted by atomic mass is 10.2. The summed E-state index contributed by atoms with van der Waals surface area (Å²) in [5.74, 6) is 0.606. The molecule has 0 radical (unpaired) electrons. The quantitative estimate of drug-likeness (QED) is 0.527. The fourth-order valence-electron chi connectivity index (χ4n) is 1.72. The molecule has 104 valence electrons. The average molecular weight is 271 g/mol. The second-order valence-electron chi connectivity index (χ2n) is 4.57. The van der Waals surface area contributed by atoms with E-state index in [0.29, 0.717) is 17.2 Å². The predicted molar refractivity (Wildman–Crippen MR) is 77.8 cm³/mol. The number of nitrogens with two attached hydrogens (primary N) is 1. The summed E-state index contributed by atoms with van der Waals surface area (Å²) in [7, 11) is 0. The molecular formula is C16H17NO3. The van der Waals surface area contributed by atoms with Crippen molar-refractivity contribution in [1.29, 1.82) is 0 Å². The van der Waals surface area contributed by atoms with E-state index in [2.05, 4.69) is 0 Å². The smallest absolute Gasteiger partial charge is 0.352 e. The van der Waals surface area contributed by atoms with Gasteiger partial charge in [-0.05, 0) is 43.7 Å². The van der Waals surface area contributed by atoms with Crippen LogP contribution in [-0.4, -0.2) is 12.1 Å². The molecule has 0 aliphatic heterocycles. The second-order valence-corrected chi connectivity index (χ2v) is 4.57. The summed E-state index contributed by atoms with van der Waals surface area (Å²) >= 11 is 0. The summed E-state index contributed by atoms with van der Waals surface area (Å²) in [6.07, 6.45) is -0.711. The minimum atomic E-state index is -0.711. The van der Waals surface area contributed by atoms with Crippen molar-refractivity contribution in [2.45, 2.75) is 20.0 Å². The number of benzene rings is 2. The molecule has 20 heavy (non-hydrogen) atoms. The molecule has 0 heterocycles. The van der Waals surface area contributed by atoms with Gasteiger partial charge in [-0.3, -0.25) is 0 Å². The van der Waals surface area contributed by atoms with E-state index in [-0.39, 0.29) is 0 Å². The Kier molecular flexibility index (Phi) is 4.25. The lowest BCUT2D eigenvalue weighted by molar-refractivity contribution is -0.141. The summed E-state index contributed by atoms with van der Waals surface area (Å²) in [5.41, 5.74) is 7.27. The molecule has 4 nitrogen and oxygen atoms in total. The molecule has 4 heteroatoms. The van der Waals surface area contributed by atoms with Gasteiger partial charge in [-0.25, -0.2) is 4.79 Å². The molecule has 2 aromatic rings. The third-order valence-corrected chi connectivity index (χ3v) is 2.71. The monoisotopic (exact) mass is 271 g/mol. The van der Waals surface area contributed by atoms with Crippen molar-refractivity contribution >= 4 is 11.7 Å². The van der Waals surface area contributed by atoms with Crippen LogP contribution in [0.3, 0.4) is 0 Å². The third kappa shape index (κ3) is 3.75. The Balaban J connectivity index is 1.98. The molecule has 2 rings (SSSR count). The number of rotatable bonds is 4. The first-order chi connectivity index (χ1) is 9.54. The van der Waals surface area contributed by atoms with Gasteiger partial charge >= 0.3 is 5.97 Å². The zero-order valence-electron chi connectivity index (χ0n) is 11.5. The van der Waals surface area contributed by atoms with Crippen LogP contribution in [0.1, 0.15) is 12.5 Å². The summed E-state index contributed by atoms with van der Waals surface area (Å²) in [6, 6.07) is 14.2. The first-order valence-corrected chi connectivity index (χ1v) is 6.35. The molecule has 2 N–H and O–H groups in total. The van der Waals surface area contributed by atoms with Gasteiger partial charge in [0.1, 0.15) is 11.5 Å². The second kappa shape index (κ2) is 6.10. The SMILES string of the molecule is Cc1cccc(OC(=O)[C@H](C)Oc2cccc(N)c2)c1. The number of carbonyl (C=O) groups is 1. The molecule has 0 aliphatic carbocycles. The zero-order valence-corrected chi connectivity index (χ0v) is 11.5. The van der Waals surface area contributed by atoms with Crippen LogP contribution in [0.25, 0.3) is 0 Å².